The number of rotatable bonds is 4. The van der Waals surface area contributed by atoms with Gasteiger partial charge in [-0.05, 0) is 31.1 Å². The molecule has 4 atom stereocenters. The summed E-state index contributed by atoms with van der Waals surface area (Å²) >= 11 is 0. The standard InChI is InChI=1S/C12H21NO2/c1-3-10(12(14)15-2)13-11-7-8-5-4-6-9(8)11/h8-11,13H,3-7H2,1-2H3/t8-,9-,10?,11?/m0/s1. The average Bonchev–Trinajstić information content (AvgIpc) is 2.60. The maximum atomic E-state index is 11.4. The number of esters is 1. The fourth-order valence-corrected chi connectivity index (χ4v) is 3.14. The lowest BCUT2D eigenvalue weighted by atomic mass is 9.71. The van der Waals surface area contributed by atoms with Crippen molar-refractivity contribution >= 4 is 5.97 Å². The second kappa shape index (κ2) is 4.52. The first-order valence-corrected chi connectivity index (χ1v) is 6.10. The highest BCUT2D eigenvalue weighted by molar-refractivity contribution is 5.75. The Morgan fingerprint density at radius 3 is 2.93 bits per heavy atom. The van der Waals surface area contributed by atoms with E-state index in [0.717, 1.165) is 18.3 Å². The van der Waals surface area contributed by atoms with Gasteiger partial charge in [-0.15, -0.1) is 0 Å². The largest absolute Gasteiger partial charge is 0.468 e. The van der Waals surface area contributed by atoms with E-state index >= 15 is 0 Å². The number of fused-ring (bicyclic) bond motifs is 1. The lowest BCUT2D eigenvalue weighted by Crippen LogP contribution is -2.54. The molecule has 0 saturated heterocycles. The van der Waals surface area contributed by atoms with E-state index in [1.165, 1.54) is 32.8 Å². The lowest BCUT2D eigenvalue weighted by Gasteiger charge is -2.42. The second-order valence-corrected chi connectivity index (χ2v) is 4.85. The van der Waals surface area contributed by atoms with Crippen molar-refractivity contribution in [3.05, 3.63) is 0 Å². The van der Waals surface area contributed by atoms with Crippen molar-refractivity contribution in [2.24, 2.45) is 11.8 Å². The van der Waals surface area contributed by atoms with Gasteiger partial charge >= 0.3 is 5.97 Å². The van der Waals surface area contributed by atoms with Crippen molar-refractivity contribution < 1.29 is 9.53 Å². The van der Waals surface area contributed by atoms with Crippen molar-refractivity contribution in [1.29, 1.82) is 0 Å². The Bertz CT molecular complexity index is 242. The molecule has 0 aromatic rings. The Morgan fingerprint density at radius 1 is 1.53 bits per heavy atom. The average molecular weight is 211 g/mol. The van der Waals surface area contributed by atoms with Crippen LogP contribution in [0.5, 0.6) is 0 Å². The summed E-state index contributed by atoms with van der Waals surface area (Å²) in [5, 5.41) is 3.45. The van der Waals surface area contributed by atoms with Gasteiger partial charge in [0.05, 0.1) is 7.11 Å². The summed E-state index contributed by atoms with van der Waals surface area (Å²) in [5.41, 5.74) is 0. The summed E-state index contributed by atoms with van der Waals surface area (Å²) in [6, 6.07) is 0.475. The third-order valence-corrected chi connectivity index (χ3v) is 4.10. The summed E-state index contributed by atoms with van der Waals surface area (Å²) in [6.45, 7) is 2.03. The van der Waals surface area contributed by atoms with Crippen LogP contribution in [0.15, 0.2) is 0 Å². The van der Waals surface area contributed by atoms with Gasteiger partial charge in [-0.1, -0.05) is 19.8 Å². The van der Waals surface area contributed by atoms with E-state index in [1.807, 2.05) is 6.92 Å². The van der Waals surface area contributed by atoms with Crippen LogP contribution < -0.4 is 5.32 Å². The van der Waals surface area contributed by atoms with Crippen molar-refractivity contribution in [3.63, 3.8) is 0 Å². The highest BCUT2D eigenvalue weighted by Gasteiger charge is 2.44. The maximum Gasteiger partial charge on any atom is 0.322 e. The summed E-state index contributed by atoms with van der Waals surface area (Å²) in [7, 11) is 1.46. The van der Waals surface area contributed by atoms with Gasteiger partial charge in [0, 0.05) is 6.04 Å². The smallest absolute Gasteiger partial charge is 0.322 e. The zero-order valence-corrected chi connectivity index (χ0v) is 9.66. The summed E-state index contributed by atoms with van der Waals surface area (Å²) in [4.78, 5) is 11.4. The van der Waals surface area contributed by atoms with E-state index in [2.05, 4.69) is 5.32 Å². The Balaban J connectivity index is 1.83. The molecule has 0 heterocycles. The van der Waals surface area contributed by atoms with E-state index in [9.17, 15) is 4.79 Å². The van der Waals surface area contributed by atoms with Gasteiger partial charge < -0.3 is 10.1 Å². The summed E-state index contributed by atoms with van der Waals surface area (Å²) in [5.74, 6) is 1.67. The maximum absolute atomic E-state index is 11.4. The van der Waals surface area contributed by atoms with Crippen molar-refractivity contribution in [3.8, 4) is 0 Å². The highest BCUT2D eigenvalue weighted by atomic mass is 16.5. The van der Waals surface area contributed by atoms with Gasteiger partial charge in [-0.3, -0.25) is 4.79 Å². The van der Waals surface area contributed by atoms with Crippen LogP contribution in [-0.4, -0.2) is 25.2 Å². The Labute approximate surface area is 91.6 Å². The molecule has 86 valence electrons. The van der Waals surface area contributed by atoms with Crippen LogP contribution in [0.3, 0.4) is 0 Å². The third kappa shape index (κ3) is 2.03. The minimum Gasteiger partial charge on any atom is -0.468 e. The van der Waals surface area contributed by atoms with Gasteiger partial charge in [0.2, 0.25) is 0 Å². The molecular weight excluding hydrogens is 190 g/mol. The Morgan fingerprint density at radius 2 is 2.33 bits per heavy atom. The predicted octanol–water partition coefficient (Wildman–Crippen LogP) is 1.72. The van der Waals surface area contributed by atoms with Crippen LogP contribution in [0.1, 0.15) is 39.0 Å². The van der Waals surface area contributed by atoms with Crippen LogP contribution in [0, 0.1) is 11.8 Å². The highest BCUT2D eigenvalue weighted by Crippen LogP contribution is 2.47. The zero-order valence-electron chi connectivity index (χ0n) is 9.66. The normalized spacial score (nSPS) is 35.5. The Kier molecular flexibility index (Phi) is 3.29. The molecule has 1 N–H and O–H groups in total. The van der Waals surface area contributed by atoms with Crippen LogP contribution in [0.25, 0.3) is 0 Å². The molecule has 2 aliphatic rings. The van der Waals surface area contributed by atoms with Crippen LogP contribution in [0.2, 0.25) is 0 Å². The molecule has 0 aliphatic heterocycles. The molecule has 15 heavy (non-hydrogen) atoms. The number of hydrogen-bond donors (Lipinski definition) is 1. The van der Waals surface area contributed by atoms with E-state index in [0.29, 0.717) is 6.04 Å². The summed E-state index contributed by atoms with van der Waals surface area (Å²) in [6.07, 6.45) is 6.21. The first-order chi connectivity index (χ1) is 7.26. The lowest BCUT2D eigenvalue weighted by molar-refractivity contribution is -0.144. The van der Waals surface area contributed by atoms with Gasteiger partial charge in [-0.2, -0.15) is 0 Å². The first-order valence-electron chi connectivity index (χ1n) is 6.10. The second-order valence-electron chi connectivity index (χ2n) is 4.85. The van der Waals surface area contributed by atoms with Crippen LogP contribution >= 0.6 is 0 Å². The fourth-order valence-electron chi connectivity index (χ4n) is 3.14. The molecule has 2 rings (SSSR count). The molecule has 3 nitrogen and oxygen atoms in total. The van der Waals surface area contributed by atoms with Crippen LogP contribution in [0.4, 0.5) is 0 Å². The third-order valence-electron chi connectivity index (χ3n) is 4.10. The van der Waals surface area contributed by atoms with Crippen molar-refractivity contribution in [2.45, 2.75) is 51.1 Å². The molecule has 2 aliphatic carbocycles. The zero-order chi connectivity index (χ0) is 10.8. The topological polar surface area (TPSA) is 38.3 Å². The monoisotopic (exact) mass is 211 g/mol. The molecule has 0 bridgehead atoms. The number of carbonyl (C=O) groups is 1. The molecule has 0 radical (unpaired) electrons. The van der Waals surface area contributed by atoms with Gasteiger partial charge in [-0.25, -0.2) is 0 Å². The first kappa shape index (κ1) is 10.9. The molecule has 2 saturated carbocycles. The van der Waals surface area contributed by atoms with Crippen molar-refractivity contribution in [2.75, 3.05) is 7.11 Å². The Hall–Kier alpha value is -0.570. The van der Waals surface area contributed by atoms with E-state index in [1.54, 1.807) is 0 Å². The fraction of sp³-hybridized carbons (Fsp3) is 0.917. The molecule has 2 fully saturated rings. The quantitative estimate of drug-likeness (QED) is 0.719. The van der Waals surface area contributed by atoms with Crippen molar-refractivity contribution in [1.82, 2.24) is 5.32 Å². The predicted molar refractivity (Wildman–Crippen MR) is 58.5 cm³/mol. The number of hydrogen-bond acceptors (Lipinski definition) is 3. The van der Waals surface area contributed by atoms with E-state index in [-0.39, 0.29) is 12.0 Å². The minimum atomic E-state index is -0.112. The number of nitrogens with one attached hydrogen (secondary N) is 1. The number of methoxy groups -OCH3 is 1. The van der Waals surface area contributed by atoms with E-state index < -0.39 is 0 Å². The van der Waals surface area contributed by atoms with Gasteiger partial charge in [0.1, 0.15) is 6.04 Å². The number of carbonyl (C=O) groups excluding carboxylic acids is 1. The molecule has 0 aromatic carbocycles. The molecule has 0 spiro atoms. The molecule has 2 unspecified atom stereocenters. The molecule has 0 aromatic heterocycles. The SMILES string of the molecule is CCC(NC1C[C@@H]2CCC[C@H]12)C(=O)OC. The summed E-state index contributed by atoms with van der Waals surface area (Å²) < 4.78 is 4.78. The van der Waals surface area contributed by atoms with Gasteiger partial charge in [0.15, 0.2) is 0 Å². The van der Waals surface area contributed by atoms with E-state index in [4.69, 9.17) is 4.74 Å². The minimum absolute atomic E-state index is 0.0958. The molecule has 0 amide bonds. The molecule has 3 heteroatoms. The molecular formula is C12H21NO2. The van der Waals surface area contributed by atoms with Gasteiger partial charge in [0.25, 0.3) is 0 Å². The number of ether oxygens (including phenoxy) is 1. The van der Waals surface area contributed by atoms with Crippen LogP contribution in [-0.2, 0) is 9.53 Å².